The molecule has 0 aromatic heterocycles. The lowest BCUT2D eigenvalue weighted by molar-refractivity contribution is -0.132. The number of anilines is 1. The van der Waals surface area contributed by atoms with Gasteiger partial charge in [-0.15, -0.1) is 0 Å². The summed E-state index contributed by atoms with van der Waals surface area (Å²) in [6, 6.07) is 13.3. The summed E-state index contributed by atoms with van der Waals surface area (Å²) in [7, 11) is 0. The third kappa shape index (κ3) is 7.31. The van der Waals surface area contributed by atoms with E-state index in [0.717, 1.165) is 50.1 Å². The van der Waals surface area contributed by atoms with Gasteiger partial charge in [0.2, 0.25) is 5.91 Å². The first-order chi connectivity index (χ1) is 15.0. The van der Waals surface area contributed by atoms with Crippen LogP contribution in [0, 0.1) is 13.8 Å². The van der Waals surface area contributed by atoms with Crippen LogP contribution in [0.1, 0.15) is 43.2 Å². The quantitative estimate of drug-likeness (QED) is 0.571. The van der Waals surface area contributed by atoms with Crippen LogP contribution in [0.4, 0.5) is 5.69 Å². The van der Waals surface area contributed by atoms with Crippen LogP contribution in [-0.4, -0.2) is 43.0 Å². The van der Waals surface area contributed by atoms with Gasteiger partial charge in [0, 0.05) is 31.3 Å². The van der Waals surface area contributed by atoms with Gasteiger partial charge in [0.25, 0.3) is 5.91 Å². The fraction of sp³-hybridized carbons (Fsp3) is 0.440. The maximum absolute atomic E-state index is 12.2. The molecule has 1 aliphatic rings. The number of carbonyl (C=O) groups is 2. The molecule has 166 valence electrons. The van der Waals surface area contributed by atoms with Crippen molar-refractivity contribution in [2.75, 3.05) is 31.6 Å². The molecule has 0 unspecified atom stereocenters. The van der Waals surface area contributed by atoms with Gasteiger partial charge in [0.1, 0.15) is 11.5 Å². The molecule has 6 heteroatoms. The van der Waals surface area contributed by atoms with Crippen molar-refractivity contribution in [3.63, 3.8) is 0 Å². The molecule has 6 nitrogen and oxygen atoms in total. The van der Waals surface area contributed by atoms with Crippen molar-refractivity contribution in [1.82, 2.24) is 4.90 Å². The normalized spacial score (nSPS) is 13.2. The number of hydrogen-bond acceptors (Lipinski definition) is 4. The highest BCUT2D eigenvalue weighted by Crippen LogP contribution is 2.20. The number of hydrogen-bond donors (Lipinski definition) is 1. The van der Waals surface area contributed by atoms with Crippen molar-refractivity contribution in [2.45, 2.75) is 46.0 Å². The molecule has 1 heterocycles. The maximum atomic E-state index is 12.2. The second kappa shape index (κ2) is 11.4. The number of aryl methyl sites for hydroxylation is 2. The molecule has 1 saturated heterocycles. The van der Waals surface area contributed by atoms with Crippen molar-refractivity contribution >= 4 is 17.5 Å². The van der Waals surface area contributed by atoms with Crippen molar-refractivity contribution in [3.05, 3.63) is 53.6 Å². The Balaban J connectivity index is 1.35. The van der Waals surface area contributed by atoms with Gasteiger partial charge >= 0.3 is 0 Å². The molecule has 0 radical (unpaired) electrons. The number of nitrogens with one attached hydrogen (secondary N) is 1. The molecule has 0 bridgehead atoms. The van der Waals surface area contributed by atoms with Crippen LogP contribution in [0.5, 0.6) is 11.5 Å². The second-order valence-corrected chi connectivity index (χ2v) is 8.03. The predicted octanol–water partition coefficient (Wildman–Crippen LogP) is 4.49. The highest BCUT2D eigenvalue weighted by molar-refractivity contribution is 5.90. The first kappa shape index (κ1) is 22.7. The minimum absolute atomic E-state index is 0.00927. The minimum Gasteiger partial charge on any atom is -0.493 e. The Morgan fingerprint density at radius 1 is 1.00 bits per heavy atom. The number of ether oxygens (including phenoxy) is 2. The van der Waals surface area contributed by atoms with Gasteiger partial charge in [-0.2, -0.15) is 0 Å². The van der Waals surface area contributed by atoms with Crippen LogP contribution in [0.25, 0.3) is 0 Å². The molecule has 1 aliphatic heterocycles. The van der Waals surface area contributed by atoms with E-state index in [0.29, 0.717) is 24.5 Å². The Hall–Kier alpha value is -3.02. The molecule has 1 N–H and O–H groups in total. The number of unbranched alkanes of at least 4 members (excludes halogenated alkanes) is 1. The van der Waals surface area contributed by atoms with E-state index >= 15 is 0 Å². The standard InChI is InChI=1S/C25H32N2O4/c1-19-11-12-20(2)23(16-19)30-15-6-3-10-24(28)26-21-8-7-9-22(17-21)31-18-25(29)27-13-4-5-14-27/h7-9,11-12,16-17H,3-6,10,13-15,18H2,1-2H3,(H,26,28). The number of carbonyl (C=O) groups excluding carboxylic acids is 2. The number of amides is 2. The molecule has 0 aliphatic carbocycles. The Bertz CT molecular complexity index is 891. The Morgan fingerprint density at radius 2 is 1.81 bits per heavy atom. The summed E-state index contributed by atoms with van der Waals surface area (Å²) in [6.45, 7) is 6.32. The van der Waals surface area contributed by atoms with Gasteiger partial charge < -0.3 is 19.7 Å². The molecule has 0 spiro atoms. The zero-order valence-corrected chi connectivity index (χ0v) is 18.5. The molecule has 0 atom stereocenters. The van der Waals surface area contributed by atoms with Gasteiger partial charge in [0.15, 0.2) is 6.61 Å². The lowest BCUT2D eigenvalue weighted by atomic mass is 10.1. The van der Waals surface area contributed by atoms with Crippen LogP contribution in [0.3, 0.4) is 0 Å². The highest BCUT2D eigenvalue weighted by Gasteiger charge is 2.18. The SMILES string of the molecule is Cc1ccc(C)c(OCCCCC(=O)Nc2cccc(OCC(=O)N3CCCC3)c2)c1. The zero-order valence-electron chi connectivity index (χ0n) is 18.5. The van der Waals surface area contributed by atoms with Gasteiger partial charge in [-0.1, -0.05) is 18.2 Å². The number of rotatable bonds is 10. The molecule has 1 fully saturated rings. The first-order valence-corrected chi connectivity index (χ1v) is 11.0. The van der Waals surface area contributed by atoms with E-state index in [1.54, 1.807) is 12.1 Å². The van der Waals surface area contributed by atoms with Crippen molar-refractivity contribution in [2.24, 2.45) is 0 Å². The minimum atomic E-state index is -0.0444. The summed E-state index contributed by atoms with van der Waals surface area (Å²) >= 11 is 0. The lowest BCUT2D eigenvalue weighted by Gasteiger charge is -2.15. The fourth-order valence-corrected chi connectivity index (χ4v) is 3.52. The van der Waals surface area contributed by atoms with Crippen LogP contribution in [0.2, 0.25) is 0 Å². The van der Waals surface area contributed by atoms with Gasteiger partial charge in [-0.3, -0.25) is 9.59 Å². The predicted molar refractivity (Wildman–Crippen MR) is 122 cm³/mol. The van der Waals surface area contributed by atoms with Gasteiger partial charge in [-0.05, 0) is 68.9 Å². The summed E-state index contributed by atoms with van der Waals surface area (Å²) in [4.78, 5) is 26.2. The van der Waals surface area contributed by atoms with Crippen molar-refractivity contribution in [1.29, 1.82) is 0 Å². The maximum Gasteiger partial charge on any atom is 0.260 e. The summed E-state index contributed by atoms with van der Waals surface area (Å²) in [5.74, 6) is 1.45. The van der Waals surface area contributed by atoms with E-state index in [4.69, 9.17) is 9.47 Å². The smallest absolute Gasteiger partial charge is 0.260 e. The second-order valence-electron chi connectivity index (χ2n) is 8.03. The van der Waals surface area contributed by atoms with E-state index in [-0.39, 0.29) is 18.4 Å². The molecule has 31 heavy (non-hydrogen) atoms. The third-order valence-corrected chi connectivity index (χ3v) is 5.34. The van der Waals surface area contributed by atoms with E-state index in [9.17, 15) is 9.59 Å². The van der Waals surface area contributed by atoms with E-state index in [1.165, 1.54) is 5.56 Å². The van der Waals surface area contributed by atoms with Crippen molar-refractivity contribution < 1.29 is 19.1 Å². The molecule has 2 aromatic carbocycles. The van der Waals surface area contributed by atoms with Crippen molar-refractivity contribution in [3.8, 4) is 11.5 Å². The first-order valence-electron chi connectivity index (χ1n) is 11.0. The summed E-state index contributed by atoms with van der Waals surface area (Å²) in [5, 5.41) is 2.90. The average Bonchev–Trinajstić information content (AvgIpc) is 3.29. The zero-order chi connectivity index (χ0) is 22.1. The van der Waals surface area contributed by atoms with Gasteiger partial charge in [0.05, 0.1) is 6.61 Å². The number of nitrogens with zero attached hydrogens (tertiary/aromatic N) is 1. The largest absolute Gasteiger partial charge is 0.493 e. The molecule has 0 saturated carbocycles. The summed E-state index contributed by atoms with van der Waals surface area (Å²) < 4.78 is 11.5. The van der Waals surface area contributed by atoms with Crippen LogP contribution >= 0.6 is 0 Å². The van der Waals surface area contributed by atoms with Crippen LogP contribution in [-0.2, 0) is 9.59 Å². The lowest BCUT2D eigenvalue weighted by Crippen LogP contribution is -2.32. The summed E-state index contributed by atoms with van der Waals surface area (Å²) in [6.07, 6.45) is 4.10. The summed E-state index contributed by atoms with van der Waals surface area (Å²) in [5.41, 5.74) is 2.96. The molecule has 3 rings (SSSR count). The molecular weight excluding hydrogens is 392 g/mol. The van der Waals surface area contributed by atoms with E-state index in [2.05, 4.69) is 17.4 Å². The third-order valence-electron chi connectivity index (χ3n) is 5.34. The molecule has 2 amide bonds. The Morgan fingerprint density at radius 3 is 2.61 bits per heavy atom. The molecular formula is C25H32N2O4. The van der Waals surface area contributed by atoms with Crippen LogP contribution < -0.4 is 14.8 Å². The van der Waals surface area contributed by atoms with E-state index in [1.807, 2.05) is 36.9 Å². The Labute approximate surface area is 184 Å². The highest BCUT2D eigenvalue weighted by atomic mass is 16.5. The molecule has 2 aromatic rings. The fourth-order valence-electron chi connectivity index (χ4n) is 3.52. The van der Waals surface area contributed by atoms with Crippen LogP contribution in [0.15, 0.2) is 42.5 Å². The van der Waals surface area contributed by atoms with E-state index < -0.39 is 0 Å². The van der Waals surface area contributed by atoms with Gasteiger partial charge in [-0.25, -0.2) is 0 Å². The monoisotopic (exact) mass is 424 g/mol. The average molecular weight is 425 g/mol. The topological polar surface area (TPSA) is 67.9 Å². The number of benzene rings is 2. The number of likely N-dealkylation sites (tertiary alicyclic amines) is 1. The Kier molecular flexibility index (Phi) is 8.33.